The van der Waals surface area contributed by atoms with Gasteiger partial charge in [0.25, 0.3) is 0 Å². The molecule has 0 amide bonds. The number of nitrogens with zero attached hydrogens (tertiary/aromatic N) is 1. The number of phenolic OH excluding ortho intramolecular Hbond substituents is 1. The molecule has 0 spiro atoms. The molecule has 4 nitrogen and oxygen atoms in total. The molecular weight excluding hydrogens is 270 g/mol. The van der Waals surface area contributed by atoms with E-state index in [1.807, 2.05) is 42.5 Å². The molecule has 102 valence electrons. The molecule has 0 aliphatic heterocycles. The van der Waals surface area contributed by atoms with Gasteiger partial charge in [-0.25, -0.2) is 0 Å². The van der Waals surface area contributed by atoms with Crippen molar-refractivity contribution < 1.29 is 5.11 Å². The van der Waals surface area contributed by atoms with Crippen molar-refractivity contribution in [3.05, 3.63) is 65.7 Å². The molecule has 2 aromatic rings. The quantitative estimate of drug-likeness (QED) is 0.460. The molecule has 3 N–H and O–H groups in total. The zero-order valence-corrected chi connectivity index (χ0v) is 11.8. The maximum absolute atomic E-state index is 10.0. The summed E-state index contributed by atoms with van der Waals surface area (Å²) in [6.07, 6.45) is 0. The minimum Gasteiger partial charge on any atom is -0.507 e. The predicted octanol–water partition coefficient (Wildman–Crippen LogP) is 2.24. The van der Waals surface area contributed by atoms with E-state index in [2.05, 4.69) is 15.8 Å². The number of benzene rings is 2. The Morgan fingerprint density at radius 3 is 2.35 bits per heavy atom. The van der Waals surface area contributed by atoms with Gasteiger partial charge in [0.2, 0.25) is 0 Å². The van der Waals surface area contributed by atoms with Gasteiger partial charge in [0.1, 0.15) is 11.5 Å². The first-order valence-corrected chi connectivity index (χ1v) is 6.52. The van der Waals surface area contributed by atoms with Crippen molar-refractivity contribution in [3.8, 4) is 5.75 Å². The second kappa shape index (κ2) is 6.68. The molecule has 0 radical (unpaired) electrons. The Morgan fingerprint density at radius 1 is 1.05 bits per heavy atom. The number of aromatic hydroxyl groups is 1. The molecule has 0 aliphatic carbocycles. The highest BCUT2D eigenvalue weighted by Gasteiger charge is 2.11. The number of hydrazone groups is 1. The Kier molecular flexibility index (Phi) is 4.68. The van der Waals surface area contributed by atoms with Crippen molar-refractivity contribution in [1.82, 2.24) is 10.7 Å². The maximum atomic E-state index is 10.0. The number of nitrogens with one attached hydrogen (secondary N) is 2. The van der Waals surface area contributed by atoms with Crippen molar-refractivity contribution in [3.63, 3.8) is 0 Å². The molecule has 0 atom stereocenters. The summed E-state index contributed by atoms with van der Waals surface area (Å²) in [7, 11) is 1.72. The monoisotopic (exact) mass is 285 g/mol. The molecule has 0 fully saturated rings. The van der Waals surface area contributed by atoms with Crippen LogP contribution in [0.25, 0.3) is 0 Å². The average Bonchev–Trinajstić information content (AvgIpc) is 2.50. The largest absolute Gasteiger partial charge is 0.507 e. The van der Waals surface area contributed by atoms with Gasteiger partial charge in [-0.15, -0.1) is 0 Å². The summed E-state index contributed by atoms with van der Waals surface area (Å²) in [5, 5.41) is 17.5. The van der Waals surface area contributed by atoms with Gasteiger partial charge in [0.15, 0.2) is 5.11 Å². The molecule has 20 heavy (non-hydrogen) atoms. The lowest BCUT2D eigenvalue weighted by Crippen LogP contribution is -2.29. The molecule has 0 aliphatic rings. The standard InChI is InChI=1S/C15H15N3OS/c1-16-15(20)18-17-14(11-7-3-2-4-8-11)12-9-5-6-10-13(12)19/h2-10,19H,1H3,(H2,16,18,20). The third-order valence-electron chi connectivity index (χ3n) is 2.70. The Balaban J connectivity index is 2.45. The first-order chi connectivity index (χ1) is 9.72. The Labute approximate surface area is 123 Å². The van der Waals surface area contributed by atoms with Crippen LogP contribution in [0.4, 0.5) is 0 Å². The molecule has 0 saturated heterocycles. The van der Waals surface area contributed by atoms with Gasteiger partial charge in [-0.2, -0.15) is 5.10 Å². The smallest absolute Gasteiger partial charge is 0.186 e. The van der Waals surface area contributed by atoms with Crippen LogP contribution in [0.5, 0.6) is 5.75 Å². The lowest BCUT2D eigenvalue weighted by atomic mass is 10.0. The van der Waals surface area contributed by atoms with E-state index < -0.39 is 0 Å². The van der Waals surface area contributed by atoms with Crippen LogP contribution in [-0.4, -0.2) is 23.0 Å². The SMILES string of the molecule is CNC(=S)NN=C(c1ccccc1)c1ccccc1O. The van der Waals surface area contributed by atoms with E-state index in [0.717, 1.165) is 5.56 Å². The van der Waals surface area contributed by atoms with Crippen molar-refractivity contribution in [2.45, 2.75) is 0 Å². The molecule has 2 rings (SSSR count). The zero-order valence-electron chi connectivity index (χ0n) is 11.0. The minimum absolute atomic E-state index is 0.173. The van der Waals surface area contributed by atoms with Gasteiger partial charge in [0.05, 0.1) is 0 Å². The van der Waals surface area contributed by atoms with E-state index in [4.69, 9.17) is 12.2 Å². The summed E-state index contributed by atoms with van der Waals surface area (Å²) in [6.45, 7) is 0. The van der Waals surface area contributed by atoms with Crippen LogP contribution in [0.3, 0.4) is 0 Å². The lowest BCUT2D eigenvalue weighted by Gasteiger charge is -2.10. The summed E-state index contributed by atoms with van der Waals surface area (Å²) in [5.41, 5.74) is 4.91. The van der Waals surface area contributed by atoms with Gasteiger partial charge in [-0.3, -0.25) is 5.43 Å². The summed E-state index contributed by atoms with van der Waals surface area (Å²) < 4.78 is 0. The molecule has 2 aromatic carbocycles. The van der Waals surface area contributed by atoms with E-state index >= 15 is 0 Å². The topological polar surface area (TPSA) is 56.7 Å². The number of hydrogen-bond acceptors (Lipinski definition) is 3. The third-order valence-corrected chi connectivity index (χ3v) is 3.00. The summed E-state index contributed by atoms with van der Waals surface area (Å²) in [5.74, 6) is 0.173. The maximum Gasteiger partial charge on any atom is 0.186 e. The van der Waals surface area contributed by atoms with Crippen molar-refractivity contribution in [2.24, 2.45) is 5.10 Å². The Morgan fingerprint density at radius 2 is 1.70 bits per heavy atom. The number of phenols is 1. The van der Waals surface area contributed by atoms with E-state index in [0.29, 0.717) is 16.4 Å². The van der Waals surface area contributed by atoms with E-state index in [1.165, 1.54) is 0 Å². The van der Waals surface area contributed by atoms with Crippen LogP contribution in [0.15, 0.2) is 59.7 Å². The highest BCUT2D eigenvalue weighted by molar-refractivity contribution is 7.80. The number of thiocarbonyl (C=S) groups is 1. The fourth-order valence-corrected chi connectivity index (χ4v) is 1.76. The minimum atomic E-state index is 0.173. The van der Waals surface area contributed by atoms with Gasteiger partial charge >= 0.3 is 0 Å². The molecule has 0 aromatic heterocycles. The van der Waals surface area contributed by atoms with Gasteiger partial charge in [0, 0.05) is 18.2 Å². The fraction of sp³-hybridized carbons (Fsp3) is 0.0667. The lowest BCUT2D eigenvalue weighted by molar-refractivity contribution is 0.474. The summed E-state index contributed by atoms with van der Waals surface area (Å²) >= 11 is 5.01. The van der Waals surface area contributed by atoms with Crippen molar-refractivity contribution in [2.75, 3.05) is 7.05 Å². The molecule has 0 saturated carbocycles. The molecular formula is C15H15N3OS. The fourth-order valence-electron chi connectivity index (χ4n) is 1.71. The van der Waals surface area contributed by atoms with Gasteiger partial charge in [-0.1, -0.05) is 42.5 Å². The van der Waals surface area contributed by atoms with Gasteiger partial charge in [-0.05, 0) is 24.4 Å². The summed E-state index contributed by atoms with van der Waals surface area (Å²) in [4.78, 5) is 0. The summed E-state index contributed by atoms with van der Waals surface area (Å²) in [6, 6.07) is 16.7. The zero-order chi connectivity index (χ0) is 14.4. The number of rotatable bonds is 3. The number of hydrogen-bond donors (Lipinski definition) is 3. The van der Waals surface area contributed by atoms with Crippen LogP contribution in [0.1, 0.15) is 11.1 Å². The Hall–Kier alpha value is -2.40. The second-order valence-corrected chi connectivity index (χ2v) is 4.44. The molecule has 0 heterocycles. The first-order valence-electron chi connectivity index (χ1n) is 6.11. The van der Waals surface area contributed by atoms with Crippen molar-refractivity contribution in [1.29, 1.82) is 0 Å². The van der Waals surface area contributed by atoms with E-state index in [9.17, 15) is 5.11 Å². The highest BCUT2D eigenvalue weighted by atomic mass is 32.1. The number of para-hydroxylation sites is 1. The normalized spacial score (nSPS) is 10.9. The van der Waals surface area contributed by atoms with Crippen LogP contribution in [0.2, 0.25) is 0 Å². The predicted molar refractivity (Wildman–Crippen MR) is 85.0 cm³/mol. The molecule has 5 heteroatoms. The van der Waals surface area contributed by atoms with E-state index in [1.54, 1.807) is 19.2 Å². The second-order valence-electron chi connectivity index (χ2n) is 4.03. The molecule has 0 bridgehead atoms. The average molecular weight is 285 g/mol. The van der Waals surface area contributed by atoms with Crippen LogP contribution < -0.4 is 10.7 Å². The van der Waals surface area contributed by atoms with E-state index in [-0.39, 0.29) is 5.75 Å². The van der Waals surface area contributed by atoms with Crippen LogP contribution in [-0.2, 0) is 0 Å². The first kappa shape index (κ1) is 14.0. The van der Waals surface area contributed by atoms with Crippen LogP contribution in [0, 0.1) is 0 Å². The Bertz CT molecular complexity index is 626. The van der Waals surface area contributed by atoms with Crippen LogP contribution >= 0.6 is 12.2 Å². The molecule has 0 unspecified atom stereocenters. The van der Waals surface area contributed by atoms with Gasteiger partial charge < -0.3 is 10.4 Å². The van der Waals surface area contributed by atoms with Crippen molar-refractivity contribution >= 4 is 23.0 Å². The third kappa shape index (κ3) is 3.33. The highest BCUT2D eigenvalue weighted by Crippen LogP contribution is 2.20.